The minimum absolute atomic E-state index is 0.0866. The summed E-state index contributed by atoms with van der Waals surface area (Å²) in [5, 5.41) is 2.84. The SMILES string of the molecule is Cc1cc(N)ccc1Nc1cc(F)c(Br)cc1F. The molecule has 0 aliphatic heterocycles. The quantitative estimate of drug-likeness (QED) is 0.638. The van der Waals surface area contributed by atoms with Gasteiger partial charge in [0.1, 0.15) is 11.6 Å². The molecule has 0 atom stereocenters. The van der Waals surface area contributed by atoms with Gasteiger partial charge in [0, 0.05) is 17.4 Å². The number of nitrogens with two attached hydrogens (primary N) is 1. The van der Waals surface area contributed by atoms with Crippen LogP contribution in [0.4, 0.5) is 25.8 Å². The third-order valence-electron chi connectivity index (χ3n) is 2.53. The highest BCUT2D eigenvalue weighted by molar-refractivity contribution is 9.10. The summed E-state index contributed by atoms with van der Waals surface area (Å²) in [4.78, 5) is 0. The number of nitrogens with one attached hydrogen (secondary N) is 1. The highest BCUT2D eigenvalue weighted by Gasteiger charge is 2.09. The maximum atomic E-state index is 13.6. The van der Waals surface area contributed by atoms with Crippen LogP contribution >= 0.6 is 15.9 Å². The van der Waals surface area contributed by atoms with Gasteiger partial charge in [-0.05, 0) is 52.7 Å². The van der Waals surface area contributed by atoms with E-state index >= 15 is 0 Å². The largest absolute Gasteiger partial charge is 0.399 e. The molecular formula is C13H11BrF2N2. The molecule has 0 saturated carbocycles. The molecule has 0 radical (unpaired) electrons. The van der Waals surface area contributed by atoms with Crippen molar-refractivity contribution in [1.29, 1.82) is 0 Å². The Morgan fingerprint density at radius 3 is 2.44 bits per heavy atom. The summed E-state index contributed by atoms with van der Waals surface area (Å²) >= 11 is 2.93. The van der Waals surface area contributed by atoms with E-state index in [9.17, 15) is 8.78 Å². The Morgan fingerprint density at radius 2 is 1.78 bits per heavy atom. The van der Waals surface area contributed by atoms with E-state index in [0.29, 0.717) is 11.4 Å². The summed E-state index contributed by atoms with van der Waals surface area (Å²) in [6.07, 6.45) is 0. The zero-order valence-electron chi connectivity index (χ0n) is 9.60. The highest BCUT2D eigenvalue weighted by Crippen LogP contribution is 2.28. The van der Waals surface area contributed by atoms with Gasteiger partial charge in [0.25, 0.3) is 0 Å². The second kappa shape index (κ2) is 4.94. The van der Waals surface area contributed by atoms with Crippen molar-refractivity contribution in [1.82, 2.24) is 0 Å². The van der Waals surface area contributed by atoms with E-state index in [-0.39, 0.29) is 10.2 Å². The fraction of sp³-hybridized carbons (Fsp3) is 0.0769. The lowest BCUT2D eigenvalue weighted by Gasteiger charge is -2.11. The smallest absolute Gasteiger partial charge is 0.147 e. The molecule has 18 heavy (non-hydrogen) atoms. The van der Waals surface area contributed by atoms with Crippen molar-refractivity contribution in [2.75, 3.05) is 11.1 Å². The zero-order valence-corrected chi connectivity index (χ0v) is 11.2. The molecule has 0 fully saturated rings. The molecule has 0 amide bonds. The van der Waals surface area contributed by atoms with Gasteiger partial charge in [-0.15, -0.1) is 0 Å². The lowest BCUT2D eigenvalue weighted by molar-refractivity contribution is 0.598. The Kier molecular flexibility index (Phi) is 3.52. The van der Waals surface area contributed by atoms with Crippen molar-refractivity contribution in [2.24, 2.45) is 0 Å². The zero-order chi connectivity index (χ0) is 13.3. The van der Waals surface area contributed by atoms with Crippen LogP contribution < -0.4 is 11.1 Å². The fourth-order valence-corrected chi connectivity index (χ4v) is 1.91. The van der Waals surface area contributed by atoms with Crippen molar-refractivity contribution in [3.05, 3.63) is 52.0 Å². The lowest BCUT2D eigenvalue weighted by Crippen LogP contribution is -1.98. The van der Waals surface area contributed by atoms with Gasteiger partial charge in [-0.1, -0.05) is 0 Å². The van der Waals surface area contributed by atoms with E-state index in [1.165, 1.54) is 0 Å². The predicted octanol–water partition coefficient (Wildman–Crippen LogP) is 4.36. The van der Waals surface area contributed by atoms with Crippen LogP contribution in [0.2, 0.25) is 0 Å². The topological polar surface area (TPSA) is 38.0 Å². The third kappa shape index (κ3) is 2.61. The normalized spacial score (nSPS) is 10.4. The van der Waals surface area contributed by atoms with Gasteiger partial charge < -0.3 is 11.1 Å². The average molecular weight is 313 g/mol. The van der Waals surface area contributed by atoms with Crippen LogP contribution in [0.3, 0.4) is 0 Å². The molecule has 2 rings (SSSR count). The van der Waals surface area contributed by atoms with Crippen molar-refractivity contribution >= 4 is 33.0 Å². The van der Waals surface area contributed by atoms with Crippen LogP contribution in [0.1, 0.15) is 5.56 Å². The van der Waals surface area contributed by atoms with E-state index in [4.69, 9.17) is 5.73 Å². The number of hydrogen-bond donors (Lipinski definition) is 2. The molecule has 2 aromatic rings. The van der Waals surface area contributed by atoms with Crippen LogP contribution in [0.15, 0.2) is 34.8 Å². The first-order chi connectivity index (χ1) is 8.47. The van der Waals surface area contributed by atoms with Gasteiger partial charge >= 0.3 is 0 Å². The van der Waals surface area contributed by atoms with Crippen molar-refractivity contribution in [3.8, 4) is 0 Å². The lowest BCUT2D eigenvalue weighted by atomic mass is 10.1. The minimum atomic E-state index is -0.528. The molecule has 0 unspecified atom stereocenters. The minimum Gasteiger partial charge on any atom is -0.399 e. The predicted molar refractivity (Wildman–Crippen MR) is 72.9 cm³/mol. The fourth-order valence-electron chi connectivity index (χ4n) is 1.59. The molecule has 0 heterocycles. The highest BCUT2D eigenvalue weighted by atomic mass is 79.9. The van der Waals surface area contributed by atoms with E-state index < -0.39 is 11.6 Å². The van der Waals surface area contributed by atoms with Gasteiger partial charge in [-0.2, -0.15) is 0 Å². The van der Waals surface area contributed by atoms with E-state index in [1.807, 2.05) is 6.92 Å². The summed E-state index contributed by atoms with van der Waals surface area (Å²) in [6.45, 7) is 1.84. The van der Waals surface area contributed by atoms with E-state index in [0.717, 1.165) is 17.7 Å². The van der Waals surface area contributed by atoms with Crippen LogP contribution in [-0.2, 0) is 0 Å². The Balaban J connectivity index is 2.37. The molecule has 2 aromatic carbocycles. The summed E-state index contributed by atoms with van der Waals surface area (Å²) in [6, 6.07) is 7.38. The molecule has 94 valence electrons. The first-order valence-corrected chi connectivity index (χ1v) is 6.04. The Hall–Kier alpha value is -1.62. The van der Waals surface area contributed by atoms with Crippen LogP contribution in [0.25, 0.3) is 0 Å². The van der Waals surface area contributed by atoms with E-state index in [1.54, 1.807) is 18.2 Å². The van der Waals surface area contributed by atoms with Crippen LogP contribution in [0.5, 0.6) is 0 Å². The number of benzene rings is 2. The van der Waals surface area contributed by atoms with Gasteiger partial charge in [-0.25, -0.2) is 8.78 Å². The van der Waals surface area contributed by atoms with Gasteiger partial charge in [0.15, 0.2) is 0 Å². The Labute approximate surface area is 112 Å². The molecule has 2 nitrogen and oxygen atoms in total. The molecule has 5 heteroatoms. The first kappa shape index (κ1) is 12.8. The standard InChI is InChI=1S/C13H11BrF2N2/c1-7-4-8(17)2-3-12(7)18-13-6-10(15)9(14)5-11(13)16/h2-6,18H,17H2,1H3. The number of hydrogen-bond acceptors (Lipinski definition) is 2. The van der Waals surface area contributed by atoms with Gasteiger partial charge in [0.05, 0.1) is 10.2 Å². The maximum Gasteiger partial charge on any atom is 0.147 e. The second-order valence-electron chi connectivity index (χ2n) is 3.95. The average Bonchev–Trinajstić information content (AvgIpc) is 2.29. The number of aryl methyl sites for hydroxylation is 1. The van der Waals surface area contributed by atoms with Crippen LogP contribution in [0, 0.1) is 18.6 Å². The van der Waals surface area contributed by atoms with E-state index in [2.05, 4.69) is 21.2 Å². The number of halogens is 3. The van der Waals surface area contributed by atoms with Crippen LogP contribution in [-0.4, -0.2) is 0 Å². The molecule has 0 spiro atoms. The molecule has 0 aliphatic carbocycles. The van der Waals surface area contributed by atoms with Gasteiger partial charge in [-0.3, -0.25) is 0 Å². The second-order valence-corrected chi connectivity index (χ2v) is 4.80. The summed E-state index contributed by atoms with van der Waals surface area (Å²) in [7, 11) is 0. The number of rotatable bonds is 2. The summed E-state index contributed by atoms with van der Waals surface area (Å²) < 4.78 is 27.1. The Morgan fingerprint density at radius 1 is 1.06 bits per heavy atom. The van der Waals surface area contributed by atoms with Crippen molar-refractivity contribution < 1.29 is 8.78 Å². The number of anilines is 3. The molecular weight excluding hydrogens is 302 g/mol. The van der Waals surface area contributed by atoms with Gasteiger partial charge in [0.2, 0.25) is 0 Å². The molecule has 0 aromatic heterocycles. The van der Waals surface area contributed by atoms with Crippen molar-refractivity contribution in [2.45, 2.75) is 6.92 Å². The molecule has 0 aliphatic rings. The monoisotopic (exact) mass is 312 g/mol. The maximum absolute atomic E-state index is 13.6. The Bertz CT molecular complexity index is 600. The molecule has 0 saturated heterocycles. The first-order valence-electron chi connectivity index (χ1n) is 5.25. The summed E-state index contributed by atoms with van der Waals surface area (Å²) in [5.41, 5.74) is 7.88. The molecule has 3 N–H and O–H groups in total. The summed E-state index contributed by atoms with van der Waals surface area (Å²) in [5.74, 6) is -1.05. The number of nitrogen functional groups attached to an aromatic ring is 1. The molecule has 0 bridgehead atoms. The van der Waals surface area contributed by atoms with Crippen molar-refractivity contribution in [3.63, 3.8) is 0 Å². The third-order valence-corrected chi connectivity index (χ3v) is 3.14.